The van der Waals surface area contributed by atoms with E-state index in [9.17, 15) is 26.4 Å². The lowest BCUT2D eigenvalue weighted by atomic mass is 9.99. The smallest absolute Gasteiger partial charge is 0.491 e. The summed E-state index contributed by atoms with van der Waals surface area (Å²) in [6.45, 7) is 3.96. The number of likely N-dealkylation sites (N-methyl/N-ethyl adjacent to an activating group) is 1. The summed E-state index contributed by atoms with van der Waals surface area (Å²) >= 11 is 0. The Kier molecular flexibility index (Phi) is 6.63. The number of fused-ring (bicyclic) bond motifs is 1. The van der Waals surface area contributed by atoms with Gasteiger partial charge in [-0.1, -0.05) is 6.07 Å². The minimum atomic E-state index is -5.78. The van der Waals surface area contributed by atoms with Gasteiger partial charge in [0.1, 0.15) is 18.1 Å². The zero-order chi connectivity index (χ0) is 24.5. The fourth-order valence-electron chi connectivity index (χ4n) is 3.93. The van der Waals surface area contributed by atoms with Crippen LogP contribution in [0.4, 0.5) is 18.9 Å². The molecule has 0 bridgehead atoms. The number of halogens is 3. The molecule has 1 N–H and O–H groups in total. The number of carbonyl (C=O) groups is 1. The van der Waals surface area contributed by atoms with E-state index < -0.39 is 27.3 Å². The molecule has 0 saturated carbocycles. The second-order valence-electron chi connectivity index (χ2n) is 8.24. The average Bonchev–Trinajstić information content (AvgIpc) is 2.79. The van der Waals surface area contributed by atoms with Crippen molar-refractivity contribution >= 4 is 21.7 Å². The van der Waals surface area contributed by atoms with Gasteiger partial charge in [0, 0.05) is 49.4 Å². The molecule has 2 aromatic rings. The van der Waals surface area contributed by atoms with Crippen LogP contribution in [-0.4, -0.2) is 70.6 Å². The monoisotopic (exact) mass is 499 g/mol. The highest BCUT2D eigenvalue weighted by Crippen LogP contribution is 2.34. The lowest BCUT2D eigenvalue weighted by Gasteiger charge is -2.37. The fourth-order valence-corrected chi connectivity index (χ4v) is 4.39. The lowest BCUT2D eigenvalue weighted by molar-refractivity contribution is -0.0500. The van der Waals surface area contributed by atoms with Gasteiger partial charge in [-0.15, -0.1) is 0 Å². The quantitative estimate of drug-likeness (QED) is 0.499. The van der Waals surface area contributed by atoms with E-state index in [4.69, 9.17) is 4.74 Å². The number of nitrogens with zero attached hydrogens (tertiary/aromatic N) is 2. The molecule has 184 valence electrons. The van der Waals surface area contributed by atoms with Crippen LogP contribution in [0.5, 0.6) is 11.5 Å². The van der Waals surface area contributed by atoms with E-state index in [-0.39, 0.29) is 18.2 Å². The number of amides is 1. The Labute approximate surface area is 195 Å². The number of nitrogens with one attached hydrogen (secondary N) is 1. The molecular weight excluding hydrogens is 475 g/mol. The van der Waals surface area contributed by atoms with Gasteiger partial charge in [0.15, 0.2) is 0 Å². The first kappa shape index (κ1) is 24.1. The number of hydrogen-bond acceptors (Lipinski definition) is 7. The molecule has 34 heavy (non-hydrogen) atoms. The van der Waals surface area contributed by atoms with Crippen molar-refractivity contribution in [2.24, 2.45) is 0 Å². The molecule has 2 heterocycles. The van der Waals surface area contributed by atoms with E-state index in [1.807, 2.05) is 18.2 Å². The molecular formula is C22H24F3N3O5S. The summed E-state index contributed by atoms with van der Waals surface area (Å²) in [6, 6.07) is 9.98. The van der Waals surface area contributed by atoms with Gasteiger partial charge in [0.2, 0.25) is 0 Å². The molecule has 0 radical (unpaired) electrons. The van der Waals surface area contributed by atoms with Gasteiger partial charge in [0.25, 0.3) is 5.91 Å². The summed E-state index contributed by atoms with van der Waals surface area (Å²) in [5.41, 5.74) is -3.29. The Hall–Kier alpha value is -2.99. The van der Waals surface area contributed by atoms with Crippen LogP contribution in [0.1, 0.15) is 15.9 Å². The highest BCUT2D eigenvalue weighted by atomic mass is 32.2. The van der Waals surface area contributed by atoms with Gasteiger partial charge in [-0.25, -0.2) is 0 Å². The van der Waals surface area contributed by atoms with Gasteiger partial charge < -0.3 is 24.0 Å². The molecule has 4 rings (SSSR count). The molecule has 8 nitrogen and oxygen atoms in total. The van der Waals surface area contributed by atoms with Crippen LogP contribution in [0, 0.1) is 0 Å². The third kappa shape index (κ3) is 5.22. The van der Waals surface area contributed by atoms with Gasteiger partial charge in [-0.3, -0.25) is 4.79 Å². The third-order valence-corrected chi connectivity index (χ3v) is 6.76. The number of rotatable bonds is 5. The second kappa shape index (κ2) is 9.34. The van der Waals surface area contributed by atoms with E-state index >= 15 is 0 Å². The first-order valence-corrected chi connectivity index (χ1v) is 12.0. The zero-order valence-electron chi connectivity index (χ0n) is 18.3. The molecule has 0 aliphatic carbocycles. The van der Waals surface area contributed by atoms with Gasteiger partial charge in [-0.2, -0.15) is 21.6 Å². The largest absolute Gasteiger partial charge is 0.534 e. The second-order valence-corrected chi connectivity index (χ2v) is 9.78. The number of benzene rings is 2. The van der Waals surface area contributed by atoms with Gasteiger partial charge in [-0.05, 0) is 43.4 Å². The maximum absolute atomic E-state index is 12.7. The predicted octanol–water partition coefficient (Wildman–Crippen LogP) is 2.40. The Balaban J connectivity index is 1.42. The van der Waals surface area contributed by atoms with Gasteiger partial charge in [0.05, 0.1) is 6.04 Å². The topological polar surface area (TPSA) is 88.2 Å². The summed E-state index contributed by atoms with van der Waals surface area (Å²) in [7, 11) is -3.69. The Morgan fingerprint density at radius 1 is 1.09 bits per heavy atom. The van der Waals surface area contributed by atoms with E-state index in [0.29, 0.717) is 6.42 Å². The van der Waals surface area contributed by atoms with Crippen LogP contribution in [0.2, 0.25) is 0 Å². The van der Waals surface area contributed by atoms with Crippen molar-refractivity contribution in [1.29, 1.82) is 0 Å². The normalized spacial score (nSPS) is 19.2. The molecule has 1 amide bonds. The SMILES string of the molecule is CN1CCN(c2cccc3c2C[C@H](NC(=O)c2ccc(OS(=O)(=O)C(F)(F)F)cc2)CO3)CC1. The summed E-state index contributed by atoms with van der Waals surface area (Å²) in [4.78, 5) is 17.3. The van der Waals surface area contributed by atoms with Crippen molar-refractivity contribution in [3.8, 4) is 11.5 Å². The molecule has 1 atom stereocenters. The first-order valence-electron chi connectivity index (χ1n) is 10.6. The van der Waals surface area contributed by atoms with Crippen molar-refractivity contribution in [3.63, 3.8) is 0 Å². The number of anilines is 1. The number of piperazine rings is 1. The van der Waals surface area contributed by atoms with Crippen LogP contribution in [0.3, 0.4) is 0 Å². The van der Waals surface area contributed by atoms with Gasteiger partial charge >= 0.3 is 15.6 Å². The predicted molar refractivity (Wildman–Crippen MR) is 119 cm³/mol. The fraction of sp³-hybridized carbons (Fsp3) is 0.409. The highest BCUT2D eigenvalue weighted by Gasteiger charge is 2.48. The standard InChI is InChI=1S/C22H24F3N3O5S/c1-27-9-11-28(12-10-27)19-3-2-4-20-18(19)13-16(14-32-20)26-21(29)15-5-7-17(8-6-15)33-34(30,31)22(23,24)25/h2-8,16H,9-14H2,1H3,(H,26,29)/t16-/m0/s1. The highest BCUT2D eigenvalue weighted by molar-refractivity contribution is 7.88. The van der Waals surface area contributed by atoms with E-state index in [0.717, 1.165) is 55.3 Å². The number of ether oxygens (including phenoxy) is 1. The van der Waals surface area contributed by atoms with E-state index in [1.165, 1.54) is 12.1 Å². The lowest BCUT2D eigenvalue weighted by Crippen LogP contribution is -2.46. The molecule has 1 saturated heterocycles. The summed E-state index contributed by atoms with van der Waals surface area (Å²) < 4.78 is 69.6. The van der Waals surface area contributed by atoms with E-state index in [2.05, 4.69) is 26.3 Å². The maximum Gasteiger partial charge on any atom is 0.534 e. The van der Waals surface area contributed by atoms with Crippen molar-refractivity contribution in [2.45, 2.75) is 18.0 Å². The van der Waals surface area contributed by atoms with Crippen molar-refractivity contribution in [3.05, 3.63) is 53.6 Å². The average molecular weight is 500 g/mol. The third-order valence-electron chi connectivity index (χ3n) is 5.78. The Bertz CT molecular complexity index is 1150. The number of carbonyl (C=O) groups excluding carboxylic acids is 1. The van der Waals surface area contributed by atoms with Crippen LogP contribution in [-0.2, 0) is 16.5 Å². The Morgan fingerprint density at radius 2 is 1.76 bits per heavy atom. The Morgan fingerprint density at radius 3 is 2.41 bits per heavy atom. The minimum Gasteiger partial charge on any atom is -0.491 e. The van der Waals surface area contributed by atoms with E-state index in [1.54, 1.807) is 0 Å². The van der Waals surface area contributed by atoms with Crippen LogP contribution in [0.15, 0.2) is 42.5 Å². The molecule has 2 aliphatic heterocycles. The minimum absolute atomic E-state index is 0.148. The summed E-state index contributed by atoms with van der Waals surface area (Å²) in [6.07, 6.45) is 0.564. The van der Waals surface area contributed by atoms with Crippen LogP contribution < -0.4 is 19.1 Å². The molecule has 0 aromatic heterocycles. The van der Waals surface area contributed by atoms with Crippen molar-refractivity contribution in [1.82, 2.24) is 10.2 Å². The number of hydrogen-bond donors (Lipinski definition) is 1. The molecule has 12 heteroatoms. The zero-order valence-corrected chi connectivity index (χ0v) is 19.2. The maximum atomic E-state index is 12.7. The van der Waals surface area contributed by atoms with Crippen molar-refractivity contribution in [2.75, 3.05) is 44.7 Å². The van der Waals surface area contributed by atoms with Crippen LogP contribution >= 0.6 is 0 Å². The molecule has 2 aromatic carbocycles. The number of alkyl halides is 3. The summed E-state index contributed by atoms with van der Waals surface area (Å²) in [5, 5.41) is 2.88. The molecule has 2 aliphatic rings. The molecule has 0 spiro atoms. The molecule has 1 fully saturated rings. The van der Waals surface area contributed by atoms with Crippen molar-refractivity contribution < 1.29 is 35.3 Å². The summed E-state index contributed by atoms with van der Waals surface area (Å²) in [5.74, 6) is -0.214. The first-order chi connectivity index (χ1) is 16.0. The molecule has 0 unspecified atom stereocenters. The van der Waals surface area contributed by atoms with Crippen LogP contribution in [0.25, 0.3) is 0 Å².